The van der Waals surface area contributed by atoms with Crippen LogP contribution < -0.4 is 6.15 Å². The van der Waals surface area contributed by atoms with Gasteiger partial charge in [0.15, 0.2) is 0 Å². The maximum atomic E-state index is 11.8. The molecule has 0 unspecified atom stereocenters. The fourth-order valence-corrected chi connectivity index (χ4v) is 2.27. The topological polar surface area (TPSA) is 81.6 Å². The number of benzene rings is 1. The van der Waals surface area contributed by atoms with Crippen molar-refractivity contribution in [3.8, 4) is 0 Å². The van der Waals surface area contributed by atoms with Gasteiger partial charge in [0.1, 0.15) is 0 Å². The van der Waals surface area contributed by atoms with Gasteiger partial charge in [0.05, 0.1) is 11.5 Å². The summed E-state index contributed by atoms with van der Waals surface area (Å²) in [5, 5.41) is 0. The van der Waals surface area contributed by atoms with E-state index < -0.39 is 10.1 Å². The maximum absolute atomic E-state index is 11.8. The van der Waals surface area contributed by atoms with Crippen LogP contribution in [-0.4, -0.2) is 40.6 Å². The van der Waals surface area contributed by atoms with Crippen LogP contribution in [0.4, 0.5) is 0 Å². The molecule has 5 nitrogen and oxygen atoms in total. The Balaban J connectivity index is 0.00000289. The second-order valence-corrected chi connectivity index (χ2v) is 5.86. The van der Waals surface area contributed by atoms with Gasteiger partial charge >= 0.3 is 0 Å². The van der Waals surface area contributed by atoms with Gasteiger partial charge in [-0.15, -0.1) is 0 Å². The molecule has 0 aromatic heterocycles. The first-order valence-corrected chi connectivity index (χ1v) is 6.93. The molecule has 0 aliphatic rings. The van der Waals surface area contributed by atoms with E-state index in [0.29, 0.717) is 6.42 Å². The lowest BCUT2D eigenvalue weighted by atomic mass is 10.2. The van der Waals surface area contributed by atoms with E-state index >= 15 is 0 Å². The van der Waals surface area contributed by atoms with Crippen LogP contribution in [0.3, 0.4) is 0 Å². The summed E-state index contributed by atoms with van der Waals surface area (Å²) in [6.07, 6.45) is 0.693. The molecule has 6 heteroatoms. The maximum Gasteiger partial charge on any atom is 0.296 e. The molecular formula is C12H22N2O3S. The third kappa shape index (κ3) is 5.59. The highest BCUT2D eigenvalue weighted by Gasteiger charge is 2.14. The first-order chi connectivity index (χ1) is 7.92. The zero-order valence-corrected chi connectivity index (χ0v) is 12.0. The third-order valence-electron chi connectivity index (χ3n) is 2.30. The van der Waals surface area contributed by atoms with Crippen molar-refractivity contribution < 1.29 is 12.6 Å². The molecule has 1 aromatic rings. The van der Waals surface area contributed by atoms with E-state index in [4.69, 9.17) is 4.18 Å². The van der Waals surface area contributed by atoms with E-state index in [1.807, 2.05) is 25.9 Å². The highest BCUT2D eigenvalue weighted by atomic mass is 32.2. The lowest BCUT2D eigenvalue weighted by molar-refractivity contribution is 0.284. The first kappa shape index (κ1) is 17.1. The second-order valence-electron chi connectivity index (χ2n) is 4.25. The van der Waals surface area contributed by atoms with Crippen LogP contribution in [0.2, 0.25) is 0 Å². The van der Waals surface area contributed by atoms with E-state index in [-0.39, 0.29) is 17.7 Å². The standard InChI is InChI=1S/C12H19NO3S.H3N/c1-11-5-7-12(8-6-11)17(14,15)16-10-4-9-13(2)3;/h5-8H,4,9-10H2,1-3H3;1H3. The molecule has 0 saturated carbocycles. The van der Waals surface area contributed by atoms with Crippen LogP contribution in [0.15, 0.2) is 29.2 Å². The van der Waals surface area contributed by atoms with Gasteiger partial charge in [-0.2, -0.15) is 8.42 Å². The monoisotopic (exact) mass is 274 g/mol. The highest BCUT2D eigenvalue weighted by Crippen LogP contribution is 2.13. The van der Waals surface area contributed by atoms with Crippen molar-refractivity contribution >= 4 is 10.1 Å². The Hall–Kier alpha value is -0.950. The van der Waals surface area contributed by atoms with Crippen molar-refractivity contribution in [3.05, 3.63) is 29.8 Å². The van der Waals surface area contributed by atoms with Gasteiger partial charge in [0, 0.05) is 0 Å². The van der Waals surface area contributed by atoms with Gasteiger partial charge in [-0.05, 0) is 46.1 Å². The van der Waals surface area contributed by atoms with Gasteiger partial charge in [-0.3, -0.25) is 4.18 Å². The summed E-state index contributed by atoms with van der Waals surface area (Å²) in [5.41, 5.74) is 1.02. The van der Waals surface area contributed by atoms with E-state index in [1.165, 1.54) is 0 Å². The molecule has 0 aliphatic heterocycles. The number of hydrogen-bond acceptors (Lipinski definition) is 5. The lowest BCUT2D eigenvalue weighted by Gasteiger charge is -2.09. The van der Waals surface area contributed by atoms with Crippen molar-refractivity contribution in [3.63, 3.8) is 0 Å². The Morgan fingerprint density at radius 1 is 1.17 bits per heavy atom. The third-order valence-corrected chi connectivity index (χ3v) is 3.62. The van der Waals surface area contributed by atoms with E-state index in [0.717, 1.165) is 12.1 Å². The first-order valence-electron chi connectivity index (χ1n) is 5.52. The van der Waals surface area contributed by atoms with Crippen molar-refractivity contribution in [2.75, 3.05) is 27.2 Å². The van der Waals surface area contributed by atoms with E-state index in [2.05, 4.69) is 0 Å². The van der Waals surface area contributed by atoms with Gasteiger partial charge in [-0.1, -0.05) is 17.7 Å². The Bertz CT molecular complexity index is 441. The summed E-state index contributed by atoms with van der Waals surface area (Å²) in [4.78, 5) is 2.20. The largest absolute Gasteiger partial charge is 0.344 e. The molecule has 0 spiro atoms. The smallest absolute Gasteiger partial charge is 0.296 e. The fourth-order valence-electron chi connectivity index (χ4n) is 1.32. The average Bonchev–Trinajstić information content (AvgIpc) is 2.25. The minimum atomic E-state index is -3.59. The average molecular weight is 274 g/mol. The molecule has 1 rings (SSSR count). The van der Waals surface area contributed by atoms with Crippen LogP contribution in [0.1, 0.15) is 12.0 Å². The van der Waals surface area contributed by atoms with Crippen LogP contribution >= 0.6 is 0 Å². The highest BCUT2D eigenvalue weighted by molar-refractivity contribution is 7.86. The summed E-state index contributed by atoms with van der Waals surface area (Å²) in [6, 6.07) is 6.65. The SMILES string of the molecule is Cc1ccc(S(=O)(=O)OCCCN(C)C)cc1.N. The van der Waals surface area contributed by atoms with Gasteiger partial charge in [-0.25, -0.2) is 0 Å². The minimum Gasteiger partial charge on any atom is -0.344 e. The Morgan fingerprint density at radius 3 is 2.22 bits per heavy atom. The molecule has 3 N–H and O–H groups in total. The molecule has 0 atom stereocenters. The predicted octanol–water partition coefficient (Wildman–Crippen LogP) is 1.81. The molecule has 0 heterocycles. The van der Waals surface area contributed by atoms with Crippen LogP contribution in [0, 0.1) is 6.92 Å². The molecule has 18 heavy (non-hydrogen) atoms. The van der Waals surface area contributed by atoms with Crippen molar-refractivity contribution in [1.82, 2.24) is 11.1 Å². The van der Waals surface area contributed by atoms with Crippen molar-refractivity contribution in [2.24, 2.45) is 0 Å². The molecule has 1 aromatic carbocycles. The van der Waals surface area contributed by atoms with Crippen LogP contribution in [-0.2, 0) is 14.3 Å². The van der Waals surface area contributed by atoms with Crippen LogP contribution in [0.25, 0.3) is 0 Å². The lowest BCUT2D eigenvalue weighted by Crippen LogP contribution is -2.16. The van der Waals surface area contributed by atoms with Crippen molar-refractivity contribution in [2.45, 2.75) is 18.2 Å². The second kappa shape index (κ2) is 7.48. The molecule has 0 fully saturated rings. The summed E-state index contributed by atoms with van der Waals surface area (Å²) < 4.78 is 28.5. The summed E-state index contributed by atoms with van der Waals surface area (Å²) in [7, 11) is 0.284. The molecule has 0 saturated heterocycles. The van der Waals surface area contributed by atoms with Crippen LogP contribution in [0.5, 0.6) is 0 Å². The Kier molecular flexibility index (Phi) is 7.08. The molecule has 0 bridgehead atoms. The number of hydrogen-bond donors (Lipinski definition) is 1. The van der Waals surface area contributed by atoms with Crippen molar-refractivity contribution in [1.29, 1.82) is 0 Å². The quantitative estimate of drug-likeness (QED) is 0.632. The normalized spacial score (nSPS) is 11.3. The molecule has 0 aliphatic carbocycles. The van der Waals surface area contributed by atoms with Gasteiger partial charge < -0.3 is 11.1 Å². The van der Waals surface area contributed by atoms with Gasteiger partial charge in [0.2, 0.25) is 0 Å². The number of nitrogens with zero attached hydrogens (tertiary/aromatic N) is 1. The molecular weight excluding hydrogens is 252 g/mol. The number of aryl methyl sites for hydroxylation is 1. The Labute approximate surface area is 109 Å². The molecule has 104 valence electrons. The fraction of sp³-hybridized carbons (Fsp3) is 0.500. The predicted molar refractivity (Wildman–Crippen MR) is 72.5 cm³/mol. The minimum absolute atomic E-state index is 0. The molecule has 0 amide bonds. The summed E-state index contributed by atoms with van der Waals surface area (Å²) in [6.45, 7) is 2.94. The zero-order chi connectivity index (χ0) is 12.9. The Morgan fingerprint density at radius 2 is 1.72 bits per heavy atom. The van der Waals surface area contributed by atoms with E-state index in [9.17, 15) is 8.42 Å². The van der Waals surface area contributed by atoms with Gasteiger partial charge in [0.25, 0.3) is 10.1 Å². The summed E-state index contributed by atoms with van der Waals surface area (Å²) in [5.74, 6) is 0. The van der Waals surface area contributed by atoms with E-state index in [1.54, 1.807) is 24.3 Å². The zero-order valence-electron chi connectivity index (χ0n) is 11.2. The molecule has 0 radical (unpaired) electrons. The summed E-state index contributed by atoms with van der Waals surface area (Å²) >= 11 is 0. The number of rotatable bonds is 6.